The van der Waals surface area contributed by atoms with Crippen LogP contribution in [-0.2, 0) is 14.3 Å². The number of benzene rings is 1. The van der Waals surface area contributed by atoms with Gasteiger partial charge in [-0.2, -0.15) is 8.42 Å². The van der Waals surface area contributed by atoms with E-state index >= 15 is 0 Å². The van der Waals surface area contributed by atoms with Crippen LogP contribution in [0.4, 0.5) is 0 Å². The van der Waals surface area contributed by atoms with E-state index in [0.717, 1.165) is 12.0 Å². The summed E-state index contributed by atoms with van der Waals surface area (Å²) in [5.41, 5.74) is 6.26. The summed E-state index contributed by atoms with van der Waals surface area (Å²) in [5, 5.41) is 0. The lowest BCUT2D eigenvalue weighted by molar-refractivity contribution is 0.0432. The normalized spacial score (nSPS) is 35.9. The molecule has 1 aromatic carbocycles. The van der Waals surface area contributed by atoms with Gasteiger partial charge in [0, 0.05) is 0 Å². The van der Waals surface area contributed by atoms with Crippen molar-refractivity contribution in [2.75, 3.05) is 6.61 Å². The Morgan fingerprint density at radius 3 is 2.47 bits per heavy atom. The molecule has 0 heterocycles. The highest BCUT2D eigenvalue weighted by Crippen LogP contribution is 2.65. The van der Waals surface area contributed by atoms with Gasteiger partial charge in [-0.25, -0.2) is 0 Å². The van der Waals surface area contributed by atoms with Crippen molar-refractivity contribution in [3.63, 3.8) is 0 Å². The van der Waals surface area contributed by atoms with E-state index in [2.05, 4.69) is 45.9 Å². The van der Waals surface area contributed by atoms with Crippen LogP contribution in [0.3, 0.4) is 0 Å². The molecule has 6 atom stereocenters. The summed E-state index contributed by atoms with van der Waals surface area (Å²) in [6, 6.07) is 6.93. The van der Waals surface area contributed by atoms with E-state index in [4.69, 9.17) is 4.18 Å². The zero-order valence-electron chi connectivity index (χ0n) is 21.4. The molecule has 0 saturated heterocycles. The Hall–Kier alpha value is -1.65. The van der Waals surface area contributed by atoms with Gasteiger partial charge in [0.15, 0.2) is 0 Å². The van der Waals surface area contributed by atoms with Gasteiger partial charge in [0.05, 0.1) is 11.5 Å². The minimum atomic E-state index is -3.72. The van der Waals surface area contributed by atoms with Gasteiger partial charge in [0.1, 0.15) is 0 Å². The smallest absolute Gasteiger partial charge is 0.266 e. The lowest BCUT2D eigenvalue weighted by Crippen LogP contribution is -2.45. The predicted octanol–water partition coefficient (Wildman–Crippen LogP) is 7.39. The van der Waals surface area contributed by atoms with Crippen molar-refractivity contribution in [2.24, 2.45) is 34.5 Å². The second kappa shape index (κ2) is 8.48. The quantitative estimate of drug-likeness (QED) is 0.413. The Labute approximate surface area is 206 Å². The fraction of sp³-hybridized carbons (Fsp3) is 0.600. The maximum atomic E-state index is 12.8. The molecule has 3 nitrogen and oxygen atoms in total. The lowest BCUT2D eigenvalue weighted by atomic mass is 9.50. The maximum Gasteiger partial charge on any atom is 0.296 e. The molecule has 0 radical (unpaired) electrons. The topological polar surface area (TPSA) is 43.4 Å². The molecular formula is C30H40O3S. The molecule has 0 N–H and O–H groups in total. The third-order valence-electron chi connectivity index (χ3n) is 9.99. The molecule has 5 rings (SSSR count). The lowest BCUT2D eigenvalue weighted by Gasteiger charge is -2.54. The van der Waals surface area contributed by atoms with Gasteiger partial charge in [0.2, 0.25) is 0 Å². The van der Waals surface area contributed by atoms with Crippen molar-refractivity contribution in [2.45, 2.75) is 78.0 Å². The first-order valence-corrected chi connectivity index (χ1v) is 14.5. The number of aryl methyl sites for hydroxylation is 1. The molecule has 0 aromatic heterocycles. The number of allylic oxidation sites excluding steroid dienone is 6. The molecule has 184 valence electrons. The van der Waals surface area contributed by atoms with E-state index in [1.54, 1.807) is 17.7 Å². The number of hydrogen-bond donors (Lipinski definition) is 0. The summed E-state index contributed by atoms with van der Waals surface area (Å²) in [5.74, 6) is 1.95. The first-order valence-electron chi connectivity index (χ1n) is 13.1. The Kier molecular flexibility index (Phi) is 6.00. The van der Waals surface area contributed by atoms with E-state index in [9.17, 15) is 8.42 Å². The summed E-state index contributed by atoms with van der Waals surface area (Å²) in [4.78, 5) is 0.251. The van der Waals surface area contributed by atoms with Gasteiger partial charge in [0.25, 0.3) is 10.1 Å². The largest absolute Gasteiger partial charge is 0.296 e. The molecule has 1 aromatic rings. The highest BCUT2D eigenvalue weighted by atomic mass is 32.2. The molecule has 2 fully saturated rings. The summed E-state index contributed by atoms with van der Waals surface area (Å²) in [7, 11) is -3.72. The third kappa shape index (κ3) is 3.86. The molecule has 34 heavy (non-hydrogen) atoms. The minimum absolute atomic E-state index is 0.206. The fourth-order valence-electron chi connectivity index (χ4n) is 7.88. The Bertz CT molecular complexity index is 1160. The molecule has 0 bridgehead atoms. The Balaban J connectivity index is 1.33. The van der Waals surface area contributed by atoms with Gasteiger partial charge < -0.3 is 0 Å². The second-order valence-electron chi connectivity index (χ2n) is 12.1. The number of fused-ring (bicyclic) bond motifs is 5. The average Bonchev–Trinajstić information content (AvgIpc) is 3.15. The van der Waals surface area contributed by atoms with Crippen molar-refractivity contribution >= 4 is 10.1 Å². The van der Waals surface area contributed by atoms with Crippen molar-refractivity contribution in [1.29, 1.82) is 0 Å². The SMILES string of the molecule is CC1=CC2=CC=C3C(CC[C@@]4(C)C3CC[C@@H]4[C@H](C)COS(=O)(=O)c3ccc(C)cc3)[C@@]2(C)CC1. The predicted molar refractivity (Wildman–Crippen MR) is 138 cm³/mol. The van der Waals surface area contributed by atoms with E-state index in [1.807, 2.05) is 19.1 Å². The number of hydrogen-bond acceptors (Lipinski definition) is 3. The monoisotopic (exact) mass is 480 g/mol. The van der Waals surface area contributed by atoms with Crippen LogP contribution in [0.1, 0.15) is 71.8 Å². The molecule has 2 unspecified atom stereocenters. The second-order valence-corrected chi connectivity index (χ2v) is 13.7. The summed E-state index contributed by atoms with van der Waals surface area (Å²) in [6.45, 7) is 11.7. The van der Waals surface area contributed by atoms with E-state index < -0.39 is 10.1 Å². The summed E-state index contributed by atoms with van der Waals surface area (Å²) >= 11 is 0. The van der Waals surface area contributed by atoms with Crippen LogP contribution in [0.5, 0.6) is 0 Å². The molecule has 4 aliphatic rings. The average molecular weight is 481 g/mol. The van der Waals surface area contributed by atoms with Crippen molar-refractivity contribution in [1.82, 2.24) is 0 Å². The van der Waals surface area contributed by atoms with Gasteiger partial charge >= 0.3 is 0 Å². The van der Waals surface area contributed by atoms with Crippen LogP contribution in [0.2, 0.25) is 0 Å². The van der Waals surface area contributed by atoms with Gasteiger partial charge in [-0.15, -0.1) is 0 Å². The van der Waals surface area contributed by atoms with Crippen molar-refractivity contribution in [3.8, 4) is 0 Å². The van der Waals surface area contributed by atoms with Gasteiger partial charge in [-0.05, 0) is 105 Å². The van der Waals surface area contributed by atoms with Crippen molar-refractivity contribution in [3.05, 3.63) is 64.8 Å². The van der Waals surface area contributed by atoms with E-state index in [0.29, 0.717) is 17.8 Å². The molecule has 4 aliphatic carbocycles. The fourth-order valence-corrected chi connectivity index (χ4v) is 8.88. The van der Waals surface area contributed by atoms with E-state index in [1.165, 1.54) is 43.3 Å². The van der Waals surface area contributed by atoms with Crippen LogP contribution >= 0.6 is 0 Å². The van der Waals surface area contributed by atoms with Gasteiger partial charge in [-0.1, -0.05) is 67.8 Å². The highest BCUT2D eigenvalue weighted by Gasteiger charge is 2.56. The molecule has 4 heteroatoms. The van der Waals surface area contributed by atoms with Gasteiger partial charge in [-0.3, -0.25) is 4.18 Å². The first-order chi connectivity index (χ1) is 16.0. The third-order valence-corrected chi connectivity index (χ3v) is 11.3. The summed E-state index contributed by atoms with van der Waals surface area (Å²) in [6.07, 6.45) is 14.6. The standard InChI is InChI=1S/C30H40O3S/c1-20-6-9-24(10-7-20)34(31,32)33-19-22(3)26-12-13-27-25-11-8-23-18-21(2)14-16-29(23,4)28(25)15-17-30(26,27)5/h6-11,18,22,26-28H,12-17,19H2,1-5H3/t22-,26-,27?,28?,29+,30-/m1/s1. The zero-order valence-corrected chi connectivity index (χ0v) is 22.3. The molecule has 0 spiro atoms. The maximum absolute atomic E-state index is 12.8. The van der Waals surface area contributed by atoms with Crippen LogP contribution in [0.15, 0.2) is 64.1 Å². The summed E-state index contributed by atoms with van der Waals surface area (Å²) < 4.78 is 31.1. The zero-order chi connectivity index (χ0) is 24.3. The molecule has 0 amide bonds. The Morgan fingerprint density at radius 2 is 1.74 bits per heavy atom. The highest BCUT2D eigenvalue weighted by molar-refractivity contribution is 7.86. The molecule has 2 saturated carbocycles. The van der Waals surface area contributed by atoms with Crippen LogP contribution in [0.25, 0.3) is 0 Å². The van der Waals surface area contributed by atoms with E-state index in [-0.39, 0.29) is 28.3 Å². The van der Waals surface area contributed by atoms with Crippen LogP contribution in [0, 0.1) is 41.4 Å². The first kappa shape index (κ1) is 24.1. The number of rotatable bonds is 5. The molecular weight excluding hydrogens is 440 g/mol. The Morgan fingerprint density at radius 1 is 1.00 bits per heavy atom. The van der Waals surface area contributed by atoms with Crippen LogP contribution in [-0.4, -0.2) is 15.0 Å². The molecule has 0 aliphatic heterocycles. The van der Waals surface area contributed by atoms with Crippen molar-refractivity contribution < 1.29 is 12.6 Å². The minimum Gasteiger partial charge on any atom is -0.266 e. The van der Waals surface area contributed by atoms with Crippen LogP contribution < -0.4 is 0 Å².